The molecular weight excluding hydrogens is 256 g/mol. The Morgan fingerprint density at radius 3 is 2.45 bits per heavy atom. The van der Waals surface area contributed by atoms with Crippen molar-refractivity contribution in [3.63, 3.8) is 0 Å². The highest BCUT2D eigenvalue weighted by Crippen LogP contribution is 2.29. The molecule has 0 aliphatic carbocycles. The second kappa shape index (κ2) is 6.23. The van der Waals surface area contributed by atoms with Gasteiger partial charge in [0.05, 0.1) is 13.2 Å². The molecule has 0 unspecified atom stereocenters. The number of carbonyl (C=O) groups excluding carboxylic acids is 1. The average molecular weight is 274 g/mol. The highest BCUT2D eigenvalue weighted by Gasteiger charge is 2.15. The van der Waals surface area contributed by atoms with Crippen LogP contribution in [0.5, 0.6) is 11.5 Å². The molecule has 1 aromatic carbocycles. The minimum atomic E-state index is -0.130. The zero-order valence-electron chi connectivity index (χ0n) is 11.9. The molecule has 2 aromatic rings. The molecule has 0 amide bonds. The van der Waals surface area contributed by atoms with E-state index in [0.717, 1.165) is 0 Å². The number of benzene rings is 1. The molecule has 0 saturated heterocycles. The highest BCUT2D eigenvalue weighted by molar-refractivity contribution is 6.08. The molecule has 0 fully saturated rings. The van der Waals surface area contributed by atoms with E-state index in [-0.39, 0.29) is 5.78 Å². The molecule has 0 spiro atoms. The third kappa shape index (κ3) is 2.99. The molecular formula is C15H18N2O3. The van der Waals surface area contributed by atoms with E-state index in [1.165, 1.54) is 0 Å². The van der Waals surface area contributed by atoms with Crippen molar-refractivity contribution in [3.05, 3.63) is 41.7 Å². The number of hydrogen-bond donors (Lipinski definition) is 0. The van der Waals surface area contributed by atoms with Crippen molar-refractivity contribution in [2.45, 2.75) is 13.8 Å². The van der Waals surface area contributed by atoms with Crippen LogP contribution in [0.4, 0.5) is 0 Å². The quantitative estimate of drug-likeness (QED) is 0.759. The van der Waals surface area contributed by atoms with Crippen molar-refractivity contribution >= 4 is 5.78 Å². The molecule has 5 heteroatoms. The number of ether oxygens (including phenoxy) is 2. The number of hydrogen-bond acceptors (Lipinski definition) is 4. The number of aromatic nitrogens is 2. The first-order chi connectivity index (χ1) is 9.65. The summed E-state index contributed by atoms with van der Waals surface area (Å²) in [4.78, 5) is 12.3. The third-order valence-corrected chi connectivity index (χ3v) is 2.75. The zero-order valence-corrected chi connectivity index (χ0v) is 11.9. The van der Waals surface area contributed by atoms with E-state index in [9.17, 15) is 4.79 Å². The van der Waals surface area contributed by atoms with Gasteiger partial charge in [0.15, 0.2) is 11.5 Å². The van der Waals surface area contributed by atoms with Crippen molar-refractivity contribution in [2.24, 2.45) is 7.05 Å². The summed E-state index contributed by atoms with van der Waals surface area (Å²) in [7, 11) is 1.78. The van der Waals surface area contributed by atoms with E-state index < -0.39 is 0 Å². The predicted octanol–water partition coefficient (Wildman–Crippen LogP) is 2.45. The van der Waals surface area contributed by atoms with Gasteiger partial charge in [0.2, 0.25) is 5.78 Å². The van der Waals surface area contributed by atoms with Crippen LogP contribution in [0.1, 0.15) is 29.9 Å². The summed E-state index contributed by atoms with van der Waals surface area (Å²) in [6.07, 6.45) is 1.74. The van der Waals surface area contributed by atoms with Gasteiger partial charge in [-0.25, -0.2) is 0 Å². The monoisotopic (exact) mass is 274 g/mol. The van der Waals surface area contributed by atoms with Crippen LogP contribution >= 0.6 is 0 Å². The molecule has 2 rings (SSSR count). The Kier molecular flexibility index (Phi) is 4.40. The Morgan fingerprint density at radius 1 is 1.15 bits per heavy atom. The lowest BCUT2D eigenvalue weighted by Gasteiger charge is -2.11. The Balaban J connectivity index is 2.32. The number of carbonyl (C=O) groups is 1. The maximum Gasteiger partial charge on any atom is 0.213 e. The first-order valence-corrected chi connectivity index (χ1v) is 6.59. The molecule has 0 atom stereocenters. The van der Waals surface area contributed by atoms with Gasteiger partial charge in [0, 0.05) is 18.8 Å². The van der Waals surface area contributed by atoms with E-state index in [2.05, 4.69) is 5.10 Å². The fourth-order valence-electron chi connectivity index (χ4n) is 1.88. The lowest BCUT2D eigenvalue weighted by atomic mass is 10.1. The third-order valence-electron chi connectivity index (χ3n) is 2.75. The average Bonchev–Trinajstić information content (AvgIpc) is 2.87. The van der Waals surface area contributed by atoms with Gasteiger partial charge in [-0.3, -0.25) is 9.48 Å². The molecule has 0 radical (unpaired) electrons. The normalized spacial score (nSPS) is 10.3. The van der Waals surface area contributed by atoms with Gasteiger partial charge < -0.3 is 9.47 Å². The fourth-order valence-corrected chi connectivity index (χ4v) is 1.88. The standard InChI is InChI=1S/C15H18N2O3/c1-4-19-13-7-6-11(10-14(13)20-5-2)15(18)12-8-9-17(3)16-12/h6-10H,4-5H2,1-3H3. The second-order valence-electron chi connectivity index (χ2n) is 4.23. The molecule has 1 heterocycles. The van der Waals surface area contributed by atoms with Gasteiger partial charge in [-0.2, -0.15) is 5.10 Å². The lowest BCUT2D eigenvalue weighted by molar-refractivity contribution is 0.103. The van der Waals surface area contributed by atoms with E-state index in [1.54, 1.807) is 42.2 Å². The predicted molar refractivity (Wildman–Crippen MR) is 75.4 cm³/mol. The Labute approximate surface area is 118 Å². The Bertz CT molecular complexity index is 605. The van der Waals surface area contributed by atoms with Crippen molar-refractivity contribution in [1.29, 1.82) is 0 Å². The van der Waals surface area contributed by atoms with E-state index >= 15 is 0 Å². The van der Waals surface area contributed by atoms with Crippen LogP contribution in [0.25, 0.3) is 0 Å². The van der Waals surface area contributed by atoms with Crippen LogP contribution in [0, 0.1) is 0 Å². The van der Waals surface area contributed by atoms with Crippen molar-refractivity contribution in [3.8, 4) is 11.5 Å². The van der Waals surface area contributed by atoms with Crippen molar-refractivity contribution in [1.82, 2.24) is 9.78 Å². The number of aryl methyl sites for hydroxylation is 1. The number of nitrogens with zero attached hydrogens (tertiary/aromatic N) is 2. The number of rotatable bonds is 6. The molecule has 0 N–H and O–H groups in total. The molecule has 0 aliphatic heterocycles. The minimum Gasteiger partial charge on any atom is -0.490 e. The number of ketones is 1. The summed E-state index contributed by atoms with van der Waals surface area (Å²) in [5.74, 6) is 1.10. The second-order valence-corrected chi connectivity index (χ2v) is 4.23. The van der Waals surface area contributed by atoms with Crippen LogP contribution in [0.2, 0.25) is 0 Å². The van der Waals surface area contributed by atoms with Gasteiger partial charge >= 0.3 is 0 Å². The van der Waals surface area contributed by atoms with Gasteiger partial charge in [0.25, 0.3) is 0 Å². The van der Waals surface area contributed by atoms with Crippen molar-refractivity contribution < 1.29 is 14.3 Å². The SMILES string of the molecule is CCOc1ccc(C(=O)c2ccn(C)n2)cc1OCC. The summed E-state index contributed by atoms with van der Waals surface area (Å²) in [6, 6.07) is 6.87. The molecule has 1 aromatic heterocycles. The van der Waals surface area contributed by atoms with Gasteiger partial charge in [-0.15, -0.1) is 0 Å². The molecule has 0 saturated carbocycles. The summed E-state index contributed by atoms with van der Waals surface area (Å²) in [5.41, 5.74) is 0.953. The molecule has 106 valence electrons. The van der Waals surface area contributed by atoms with E-state index in [0.29, 0.717) is 36.0 Å². The fraction of sp³-hybridized carbons (Fsp3) is 0.333. The van der Waals surface area contributed by atoms with Crippen molar-refractivity contribution in [2.75, 3.05) is 13.2 Å². The van der Waals surface area contributed by atoms with Crippen LogP contribution in [-0.4, -0.2) is 28.8 Å². The molecule has 20 heavy (non-hydrogen) atoms. The van der Waals surface area contributed by atoms with Gasteiger partial charge in [-0.1, -0.05) is 0 Å². The van der Waals surface area contributed by atoms with Crippen LogP contribution in [0.15, 0.2) is 30.5 Å². The largest absolute Gasteiger partial charge is 0.490 e. The summed E-state index contributed by atoms with van der Waals surface area (Å²) in [6.45, 7) is 4.86. The first kappa shape index (κ1) is 14.1. The van der Waals surface area contributed by atoms with Crippen LogP contribution < -0.4 is 9.47 Å². The minimum absolute atomic E-state index is 0.130. The van der Waals surface area contributed by atoms with Crippen LogP contribution in [0.3, 0.4) is 0 Å². The smallest absolute Gasteiger partial charge is 0.213 e. The summed E-state index contributed by atoms with van der Waals surface area (Å²) >= 11 is 0. The lowest BCUT2D eigenvalue weighted by Crippen LogP contribution is -2.05. The summed E-state index contributed by atoms with van der Waals surface area (Å²) < 4.78 is 12.6. The Morgan fingerprint density at radius 2 is 1.85 bits per heavy atom. The first-order valence-electron chi connectivity index (χ1n) is 6.59. The highest BCUT2D eigenvalue weighted by atomic mass is 16.5. The Hall–Kier alpha value is -2.30. The summed E-state index contributed by atoms with van der Waals surface area (Å²) in [5, 5.41) is 4.12. The molecule has 0 bridgehead atoms. The maximum atomic E-state index is 12.3. The van der Waals surface area contributed by atoms with Gasteiger partial charge in [-0.05, 0) is 38.1 Å². The van der Waals surface area contributed by atoms with Crippen LogP contribution in [-0.2, 0) is 7.05 Å². The molecule has 5 nitrogen and oxygen atoms in total. The topological polar surface area (TPSA) is 53.4 Å². The van der Waals surface area contributed by atoms with E-state index in [4.69, 9.17) is 9.47 Å². The molecule has 0 aliphatic rings. The zero-order chi connectivity index (χ0) is 14.5. The van der Waals surface area contributed by atoms with E-state index in [1.807, 2.05) is 13.8 Å². The maximum absolute atomic E-state index is 12.3. The van der Waals surface area contributed by atoms with Gasteiger partial charge in [0.1, 0.15) is 5.69 Å².